The van der Waals surface area contributed by atoms with Crippen LogP contribution in [0.5, 0.6) is 0 Å². The number of ether oxygens (including phenoxy) is 1. The Bertz CT molecular complexity index is 1030. The van der Waals surface area contributed by atoms with Crippen molar-refractivity contribution < 1.29 is 9.53 Å². The Morgan fingerprint density at radius 2 is 1.92 bits per heavy atom. The number of nitrogens with one attached hydrogen (secondary N) is 2. The van der Waals surface area contributed by atoms with Gasteiger partial charge in [-0.2, -0.15) is 5.10 Å². The second kappa shape index (κ2) is 6.63. The molecule has 0 saturated carbocycles. The quantitative estimate of drug-likeness (QED) is 0.723. The highest BCUT2D eigenvalue weighted by molar-refractivity contribution is 5.89. The summed E-state index contributed by atoms with van der Waals surface area (Å²) in [6, 6.07) is 11.2. The SMILES string of the molecule is Cc1ccc(NC(=O)OC(C)(C)C)cc1-c1ccc2c(=O)[nH]ncc2c1. The number of aromatic nitrogens is 2. The molecule has 2 N–H and O–H groups in total. The van der Waals surface area contributed by atoms with Gasteiger partial charge in [0, 0.05) is 11.1 Å². The standard InChI is InChI=1S/C20H21N3O3/c1-12-5-7-15(22-19(25)26-20(2,3)4)10-17(12)13-6-8-16-14(9-13)11-21-23-18(16)24/h5-11H,1-4H3,(H,22,25)(H,23,24). The molecule has 0 unspecified atom stereocenters. The number of anilines is 1. The van der Waals surface area contributed by atoms with Gasteiger partial charge in [-0.05, 0) is 68.7 Å². The van der Waals surface area contributed by atoms with Crippen molar-refractivity contribution in [2.75, 3.05) is 5.32 Å². The van der Waals surface area contributed by atoms with E-state index >= 15 is 0 Å². The molecule has 3 aromatic rings. The fourth-order valence-corrected chi connectivity index (χ4v) is 2.70. The van der Waals surface area contributed by atoms with Gasteiger partial charge in [-0.1, -0.05) is 12.1 Å². The first kappa shape index (κ1) is 17.7. The van der Waals surface area contributed by atoms with Crippen LogP contribution in [0.2, 0.25) is 0 Å². The van der Waals surface area contributed by atoms with Crippen molar-refractivity contribution in [2.45, 2.75) is 33.3 Å². The summed E-state index contributed by atoms with van der Waals surface area (Å²) in [6.07, 6.45) is 1.12. The number of aryl methyl sites for hydroxylation is 1. The van der Waals surface area contributed by atoms with E-state index in [4.69, 9.17) is 4.74 Å². The van der Waals surface area contributed by atoms with E-state index in [-0.39, 0.29) is 5.56 Å². The van der Waals surface area contributed by atoms with Gasteiger partial charge in [0.1, 0.15) is 5.60 Å². The van der Waals surface area contributed by atoms with Gasteiger partial charge < -0.3 is 4.74 Å². The van der Waals surface area contributed by atoms with E-state index < -0.39 is 11.7 Å². The minimum atomic E-state index is -0.560. The number of fused-ring (bicyclic) bond motifs is 1. The number of rotatable bonds is 2. The zero-order valence-corrected chi connectivity index (χ0v) is 15.2. The average Bonchev–Trinajstić information content (AvgIpc) is 2.55. The predicted octanol–water partition coefficient (Wildman–Crippen LogP) is 4.25. The zero-order valence-electron chi connectivity index (χ0n) is 15.2. The maximum Gasteiger partial charge on any atom is 0.412 e. The Labute approximate surface area is 151 Å². The van der Waals surface area contributed by atoms with E-state index in [0.717, 1.165) is 22.1 Å². The molecule has 0 bridgehead atoms. The fraction of sp³-hybridized carbons (Fsp3) is 0.250. The summed E-state index contributed by atoms with van der Waals surface area (Å²) >= 11 is 0. The number of carbonyl (C=O) groups excluding carboxylic acids is 1. The Morgan fingerprint density at radius 1 is 1.15 bits per heavy atom. The first-order valence-corrected chi connectivity index (χ1v) is 8.31. The largest absolute Gasteiger partial charge is 0.444 e. The van der Waals surface area contributed by atoms with E-state index in [1.807, 2.05) is 58.0 Å². The third-order valence-corrected chi connectivity index (χ3v) is 3.86. The van der Waals surface area contributed by atoms with Crippen LogP contribution in [0.15, 0.2) is 47.4 Å². The molecule has 0 radical (unpaired) electrons. The number of carbonyl (C=O) groups is 1. The lowest BCUT2D eigenvalue weighted by Crippen LogP contribution is -2.27. The summed E-state index contributed by atoms with van der Waals surface area (Å²) in [7, 11) is 0. The van der Waals surface area contributed by atoms with Gasteiger partial charge in [0.25, 0.3) is 5.56 Å². The molecule has 0 atom stereocenters. The first-order chi connectivity index (χ1) is 12.2. The number of H-pyrrole nitrogens is 1. The van der Waals surface area contributed by atoms with Crippen LogP contribution >= 0.6 is 0 Å². The van der Waals surface area contributed by atoms with Crippen molar-refractivity contribution in [2.24, 2.45) is 0 Å². The van der Waals surface area contributed by atoms with Crippen molar-refractivity contribution in [1.82, 2.24) is 10.2 Å². The van der Waals surface area contributed by atoms with Gasteiger partial charge in [-0.25, -0.2) is 9.89 Å². The minimum absolute atomic E-state index is 0.217. The smallest absolute Gasteiger partial charge is 0.412 e. The molecule has 0 fully saturated rings. The molecular weight excluding hydrogens is 330 g/mol. The molecule has 26 heavy (non-hydrogen) atoms. The molecule has 0 aliphatic heterocycles. The Kier molecular flexibility index (Phi) is 4.50. The molecule has 2 aromatic carbocycles. The topological polar surface area (TPSA) is 84.1 Å². The lowest BCUT2D eigenvalue weighted by Gasteiger charge is -2.20. The van der Waals surface area contributed by atoms with Crippen LogP contribution in [0.1, 0.15) is 26.3 Å². The number of benzene rings is 2. The zero-order chi connectivity index (χ0) is 18.9. The van der Waals surface area contributed by atoms with Gasteiger partial charge >= 0.3 is 6.09 Å². The van der Waals surface area contributed by atoms with Crippen LogP contribution in [0.4, 0.5) is 10.5 Å². The van der Waals surface area contributed by atoms with Gasteiger partial charge in [-0.3, -0.25) is 10.1 Å². The number of amides is 1. The molecule has 0 aliphatic rings. The molecule has 1 aromatic heterocycles. The summed E-state index contributed by atoms with van der Waals surface area (Å²) in [5.74, 6) is 0. The maximum absolute atomic E-state index is 12.0. The number of hydrogen-bond acceptors (Lipinski definition) is 4. The molecule has 6 nitrogen and oxygen atoms in total. The summed E-state index contributed by atoms with van der Waals surface area (Å²) in [4.78, 5) is 23.8. The molecule has 1 amide bonds. The van der Waals surface area contributed by atoms with Crippen LogP contribution in [0.25, 0.3) is 21.9 Å². The lowest BCUT2D eigenvalue weighted by molar-refractivity contribution is 0.0636. The summed E-state index contributed by atoms with van der Waals surface area (Å²) < 4.78 is 5.29. The van der Waals surface area contributed by atoms with Gasteiger partial charge in [0.05, 0.1) is 11.6 Å². The second-order valence-electron chi connectivity index (χ2n) is 7.16. The van der Waals surface area contributed by atoms with E-state index in [2.05, 4.69) is 15.5 Å². The third kappa shape index (κ3) is 3.91. The van der Waals surface area contributed by atoms with E-state index in [9.17, 15) is 9.59 Å². The molecule has 0 spiro atoms. The second-order valence-corrected chi connectivity index (χ2v) is 7.16. The van der Waals surface area contributed by atoms with E-state index in [0.29, 0.717) is 11.1 Å². The summed E-state index contributed by atoms with van der Waals surface area (Å²) in [5, 5.41) is 10.4. The van der Waals surface area contributed by atoms with Crippen molar-refractivity contribution in [3.05, 3.63) is 58.5 Å². The van der Waals surface area contributed by atoms with E-state index in [1.54, 1.807) is 12.3 Å². The summed E-state index contributed by atoms with van der Waals surface area (Å²) in [5.41, 5.74) is 2.82. The van der Waals surface area contributed by atoms with Crippen LogP contribution in [-0.2, 0) is 4.74 Å². The van der Waals surface area contributed by atoms with E-state index in [1.165, 1.54) is 0 Å². The van der Waals surface area contributed by atoms with Crippen molar-refractivity contribution >= 4 is 22.6 Å². The van der Waals surface area contributed by atoms with Crippen LogP contribution in [0.3, 0.4) is 0 Å². The number of aromatic amines is 1. The monoisotopic (exact) mass is 351 g/mol. The van der Waals surface area contributed by atoms with Crippen LogP contribution in [-0.4, -0.2) is 21.9 Å². The molecular formula is C20H21N3O3. The van der Waals surface area contributed by atoms with Gasteiger partial charge in [-0.15, -0.1) is 0 Å². The Hall–Kier alpha value is -3.15. The molecule has 1 heterocycles. The molecule has 134 valence electrons. The third-order valence-electron chi connectivity index (χ3n) is 3.86. The average molecular weight is 351 g/mol. The normalized spacial score (nSPS) is 11.4. The van der Waals surface area contributed by atoms with Gasteiger partial charge in [0.2, 0.25) is 0 Å². The van der Waals surface area contributed by atoms with Crippen LogP contribution < -0.4 is 10.9 Å². The fourth-order valence-electron chi connectivity index (χ4n) is 2.70. The molecule has 3 rings (SSSR count). The highest BCUT2D eigenvalue weighted by Crippen LogP contribution is 2.28. The number of nitrogens with zero attached hydrogens (tertiary/aromatic N) is 1. The van der Waals surface area contributed by atoms with Crippen molar-refractivity contribution in [3.63, 3.8) is 0 Å². The highest BCUT2D eigenvalue weighted by Gasteiger charge is 2.16. The molecule has 0 aliphatic carbocycles. The highest BCUT2D eigenvalue weighted by atomic mass is 16.6. The maximum atomic E-state index is 12.0. The Morgan fingerprint density at radius 3 is 2.65 bits per heavy atom. The lowest BCUT2D eigenvalue weighted by atomic mass is 9.98. The van der Waals surface area contributed by atoms with Crippen LogP contribution in [0, 0.1) is 6.92 Å². The predicted molar refractivity (Wildman–Crippen MR) is 102 cm³/mol. The summed E-state index contributed by atoms with van der Waals surface area (Å²) in [6.45, 7) is 7.45. The minimum Gasteiger partial charge on any atom is -0.444 e. The van der Waals surface area contributed by atoms with Crippen molar-refractivity contribution in [3.8, 4) is 11.1 Å². The first-order valence-electron chi connectivity index (χ1n) is 8.31. The molecule has 0 saturated heterocycles. The van der Waals surface area contributed by atoms with Gasteiger partial charge in [0.15, 0.2) is 0 Å². The number of hydrogen-bond donors (Lipinski definition) is 2. The Balaban J connectivity index is 1.95. The van der Waals surface area contributed by atoms with Crippen molar-refractivity contribution in [1.29, 1.82) is 0 Å². The molecule has 6 heteroatoms.